The Morgan fingerprint density at radius 1 is 0.806 bits per heavy atom. The summed E-state index contributed by atoms with van der Waals surface area (Å²) in [5.41, 5.74) is 0.271. The molecule has 0 unspecified atom stereocenters. The predicted octanol–water partition coefficient (Wildman–Crippen LogP) is -0.264. The molecule has 5 atom stereocenters. The molecule has 0 bridgehead atoms. The number of hydrogen-bond acceptors (Lipinski definition) is 12. The van der Waals surface area contributed by atoms with Crippen LogP contribution in [-0.4, -0.2) is 74.2 Å². The monoisotopic (exact) mass is 445 g/mol. The highest BCUT2D eigenvalue weighted by Crippen LogP contribution is 2.28. The first-order valence-corrected chi connectivity index (χ1v) is 9.27. The van der Waals surface area contributed by atoms with Crippen molar-refractivity contribution in [3.8, 4) is 0 Å². The number of methoxy groups -OCH3 is 1. The molecule has 1 aliphatic heterocycles. The van der Waals surface area contributed by atoms with E-state index in [-0.39, 0.29) is 12.3 Å². The summed E-state index contributed by atoms with van der Waals surface area (Å²) in [5, 5.41) is 2.82. The molecule has 12 heteroatoms. The molecule has 1 fully saturated rings. The average molecular weight is 445 g/mol. The van der Waals surface area contributed by atoms with Crippen LogP contribution in [0.2, 0.25) is 0 Å². The molecule has 0 spiro atoms. The van der Waals surface area contributed by atoms with E-state index in [0.29, 0.717) is 0 Å². The molecule has 31 heavy (non-hydrogen) atoms. The SMILES string of the molecule is COC(=O)/C=C(/C)N[C@@H]1O[C@H](COC(C)=O)[C@H](OC(C)=O)[C@H](OC(C)=O)[C@H]1OC(C)=O. The minimum Gasteiger partial charge on any atom is -0.466 e. The second-order valence-electron chi connectivity index (χ2n) is 6.61. The van der Waals surface area contributed by atoms with Crippen LogP contribution in [0, 0.1) is 0 Å². The number of rotatable bonds is 8. The van der Waals surface area contributed by atoms with Crippen molar-refractivity contribution in [2.75, 3.05) is 13.7 Å². The smallest absolute Gasteiger partial charge is 0.332 e. The largest absolute Gasteiger partial charge is 0.466 e. The maximum Gasteiger partial charge on any atom is 0.332 e. The number of ether oxygens (including phenoxy) is 6. The summed E-state index contributed by atoms with van der Waals surface area (Å²) in [6.45, 7) is 5.72. The molecule has 1 aliphatic rings. The first kappa shape index (κ1) is 25.9. The second-order valence-corrected chi connectivity index (χ2v) is 6.61. The van der Waals surface area contributed by atoms with Crippen LogP contribution in [0.4, 0.5) is 0 Å². The Morgan fingerprint density at radius 3 is 1.81 bits per heavy atom. The number of esters is 5. The lowest BCUT2D eigenvalue weighted by atomic mass is 9.97. The third-order valence-electron chi connectivity index (χ3n) is 3.90. The maximum absolute atomic E-state index is 11.7. The molecular formula is C19H27NO11. The molecule has 0 saturated carbocycles. The minimum atomic E-state index is -1.30. The topological polar surface area (TPSA) is 153 Å². The lowest BCUT2D eigenvalue weighted by Gasteiger charge is -2.44. The summed E-state index contributed by atoms with van der Waals surface area (Å²) in [6, 6.07) is 0. The Bertz CT molecular complexity index is 732. The van der Waals surface area contributed by atoms with E-state index in [1.807, 2.05) is 0 Å². The van der Waals surface area contributed by atoms with E-state index in [0.717, 1.165) is 26.8 Å². The van der Waals surface area contributed by atoms with Gasteiger partial charge in [0.15, 0.2) is 24.5 Å². The molecule has 12 nitrogen and oxygen atoms in total. The second kappa shape index (κ2) is 11.9. The normalized spacial score (nSPS) is 25.6. The van der Waals surface area contributed by atoms with Gasteiger partial charge in [0.25, 0.3) is 0 Å². The molecule has 0 aromatic heterocycles. The third kappa shape index (κ3) is 8.62. The van der Waals surface area contributed by atoms with Crippen LogP contribution < -0.4 is 5.32 Å². The Hall–Kier alpha value is -3.15. The van der Waals surface area contributed by atoms with Gasteiger partial charge in [-0.3, -0.25) is 19.2 Å². The predicted molar refractivity (Wildman–Crippen MR) is 101 cm³/mol. The molecule has 1 N–H and O–H groups in total. The molecule has 1 saturated heterocycles. The summed E-state index contributed by atoms with van der Waals surface area (Å²) < 4.78 is 31.2. The molecule has 0 aliphatic carbocycles. The molecule has 0 aromatic rings. The van der Waals surface area contributed by atoms with Crippen LogP contribution in [-0.2, 0) is 52.4 Å². The van der Waals surface area contributed by atoms with Gasteiger partial charge in [0.2, 0.25) is 0 Å². The fourth-order valence-corrected chi connectivity index (χ4v) is 2.85. The number of carbonyl (C=O) groups is 5. The van der Waals surface area contributed by atoms with Crippen LogP contribution in [0.5, 0.6) is 0 Å². The Balaban J connectivity index is 3.37. The van der Waals surface area contributed by atoms with Crippen molar-refractivity contribution in [3.63, 3.8) is 0 Å². The zero-order valence-corrected chi connectivity index (χ0v) is 18.2. The van der Waals surface area contributed by atoms with Gasteiger partial charge in [-0.25, -0.2) is 4.79 Å². The number of carbonyl (C=O) groups excluding carboxylic acids is 5. The van der Waals surface area contributed by atoms with Crippen molar-refractivity contribution >= 4 is 29.8 Å². The van der Waals surface area contributed by atoms with Gasteiger partial charge in [-0.1, -0.05) is 0 Å². The fraction of sp³-hybridized carbons (Fsp3) is 0.632. The zero-order chi connectivity index (χ0) is 23.7. The van der Waals surface area contributed by atoms with Gasteiger partial charge in [-0.2, -0.15) is 0 Å². The number of nitrogens with one attached hydrogen (secondary N) is 1. The molecule has 1 rings (SSSR count). The Morgan fingerprint density at radius 2 is 1.32 bits per heavy atom. The Kier molecular flexibility index (Phi) is 9.93. The van der Waals surface area contributed by atoms with Crippen molar-refractivity contribution in [1.82, 2.24) is 5.32 Å². The van der Waals surface area contributed by atoms with Gasteiger partial charge in [0, 0.05) is 39.5 Å². The summed E-state index contributed by atoms with van der Waals surface area (Å²) in [7, 11) is 1.19. The van der Waals surface area contributed by atoms with Crippen molar-refractivity contribution in [2.24, 2.45) is 0 Å². The quantitative estimate of drug-likeness (QED) is 0.297. The van der Waals surface area contributed by atoms with Crippen LogP contribution in [0.3, 0.4) is 0 Å². The van der Waals surface area contributed by atoms with E-state index in [1.165, 1.54) is 21.0 Å². The third-order valence-corrected chi connectivity index (χ3v) is 3.90. The highest BCUT2D eigenvalue weighted by Gasteiger charge is 2.52. The van der Waals surface area contributed by atoms with E-state index in [9.17, 15) is 24.0 Å². The molecule has 174 valence electrons. The van der Waals surface area contributed by atoms with Crippen molar-refractivity contribution < 1.29 is 52.4 Å². The van der Waals surface area contributed by atoms with Crippen LogP contribution >= 0.6 is 0 Å². The van der Waals surface area contributed by atoms with Crippen LogP contribution in [0.15, 0.2) is 11.8 Å². The lowest BCUT2D eigenvalue weighted by Crippen LogP contribution is -2.65. The summed E-state index contributed by atoms with van der Waals surface area (Å²) in [4.78, 5) is 57.9. The van der Waals surface area contributed by atoms with Crippen LogP contribution in [0.1, 0.15) is 34.6 Å². The van der Waals surface area contributed by atoms with E-state index in [1.54, 1.807) is 0 Å². The molecular weight excluding hydrogens is 418 g/mol. The lowest BCUT2D eigenvalue weighted by molar-refractivity contribution is -0.256. The summed E-state index contributed by atoms with van der Waals surface area (Å²) >= 11 is 0. The van der Waals surface area contributed by atoms with E-state index < -0.39 is 60.5 Å². The molecule has 0 aromatic carbocycles. The van der Waals surface area contributed by atoms with Gasteiger partial charge in [0.05, 0.1) is 7.11 Å². The number of hydrogen-bond donors (Lipinski definition) is 1. The fourth-order valence-electron chi connectivity index (χ4n) is 2.85. The van der Waals surface area contributed by atoms with E-state index in [4.69, 9.17) is 23.7 Å². The molecule has 0 amide bonds. The van der Waals surface area contributed by atoms with Crippen LogP contribution in [0.25, 0.3) is 0 Å². The average Bonchev–Trinajstić information content (AvgIpc) is 2.63. The van der Waals surface area contributed by atoms with Gasteiger partial charge >= 0.3 is 29.8 Å². The van der Waals surface area contributed by atoms with Gasteiger partial charge in [-0.15, -0.1) is 0 Å². The maximum atomic E-state index is 11.7. The molecule has 1 heterocycles. The van der Waals surface area contributed by atoms with Crippen molar-refractivity contribution in [2.45, 2.75) is 65.3 Å². The number of allylic oxidation sites excluding steroid dienone is 1. The van der Waals surface area contributed by atoms with Crippen molar-refractivity contribution in [1.29, 1.82) is 0 Å². The van der Waals surface area contributed by atoms with Gasteiger partial charge in [0.1, 0.15) is 12.7 Å². The van der Waals surface area contributed by atoms with Crippen molar-refractivity contribution in [3.05, 3.63) is 11.8 Å². The first-order valence-electron chi connectivity index (χ1n) is 9.27. The first-order chi connectivity index (χ1) is 14.4. The van der Waals surface area contributed by atoms with Gasteiger partial charge in [-0.05, 0) is 6.92 Å². The van der Waals surface area contributed by atoms with E-state index >= 15 is 0 Å². The van der Waals surface area contributed by atoms with E-state index in [2.05, 4.69) is 10.1 Å². The summed E-state index contributed by atoms with van der Waals surface area (Å²) in [6.07, 6.45) is -4.97. The minimum absolute atomic E-state index is 0.271. The Labute approximate surface area is 179 Å². The standard InChI is InChI=1S/C19H27NO11/c1-9(7-15(25)26-6)20-19-18(30-13(5)24)17(29-12(4)23)16(28-11(3)22)14(31-19)8-27-10(2)21/h7,14,16-20H,8H2,1-6H3/b9-7-/t14-,16+,17+,18-,19-/m1/s1. The highest BCUT2D eigenvalue weighted by atomic mass is 16.7. The highest BCUT2D eigenvalue weighted by molar-refractivity contribution is 5.82. The summed E-state index contributed by atoms with van der Waals surface area (Å²) in [5.74, 6) is -3.48. The molecule has 0 radical (unpaired) electrons. The zero-order valence-electron chi connectivity index (χ0n) is 18.2. The van der Waals surface area contributed by atoms with Gasteiger partial charge < -0.3 is 33.7 Å².